The summed E-state index contributed by atoms with van der Waals surface area (Å²) < 4.78 is 0. The number of carbonyl (C=O) groups is 1. The summed E-state index contributed by atoms with van der Waals surface area (Å²) in [6.45, 7) is 8.97. The summed E-state index contributed by atoms with van der Waals surface area (Å²) in [5.41, 5.74) is 4.88. The average Bonchev–Trinajstić information content (AvgIpc) is 1.60. The van der Waals surface area contributed by atoms with Crippen LogP contribution in [0.25, 0.3) is 0 Å². The summed E-state index contributed by atoms with van der Waals surface area (Å²) in [5, 5.41) is 2.64. The SMILES string of the molecule is [CH2+]C(C)(C)NC(=O)C(C)N. The lowest BCUT2D eigenvalue weighted by molar-refractivity contribution is -0.123. The first-order chi connectivity index (χ1) is 4.33. The van der Waals surface area contributed by atoms with Gasteiger partial charge >= 0.3 is 0 Å². The Hall–Kier alpha value is -0.700. The standard InChI is InChI=1S/C7H14N2O/c1-5(8)6(10)9-7(2,3)4/h5H,2,8H2,1,3-4H3/p+1. The molecule has 3 nitrogen and oxygen atoms in total. The van der Waals surface area contributed by atoms with Crippen LogP contribution in [0.15, 0.2) is 0 Å². The monoisotopic (exact) mass is 143 g/mol. The van der Waals surface area contributed by atoms with Crippen LogP contribution in [0.1, 0.15) is 20.8 Å². The number of nitrogens with one attached hydrogen (secondary N) is 1. The molecule has 1 atom stereocenters. The molecule has 0 heterocycles. The Kier molecular flexibility index (Phi) is 2.72. The van der Waals surface area contributed by atoms with E-state index in [-0.39, 0.29) is 5.91 Å². The van der Waals surface area contributed by atoms with Gasteiger partial charge in [0.25, 0.3) is 0 Å². The van der Waals surface area contributed by atoms with Gasteiger partial charge < -0.3 is 11.1 Å². The molecule has 1 unspecified atom stereocenters. The third kappa shape index (κ3) is 4.21. The van der Waals surface area contributed by atoms with Crippen molar-refractivity contribution < 1.29 is 4.79 Å². The van der Waals surface area contributed by atoms with Gasteiger partial charge in [-0.15, -0.1) is 0 Å². The van der Waals surface area contributed by atoms with Gasteiger partial charge in [-0.25, -0.2) is 0 Å². The maximum atomic E-state index is 10.9. The van der Waals surface area contributed by atoms with Crippen molar-refractivity contribution in [3.63, 3.8) is 0 Å². The summed E-state index contributed by atoms with van der Waals surface area (Å²) in [7, 11) is 0. The molecule has 0 rings (SSSR count). The summed E-state index contributed by atoms with van der Waals surface area (Å²) >= 11 is 0. The first kappa shape index (κ1) is 9.30. The normalized spacial score (nSPS) is 14.4. The Bertz CT molecular complexity index is 124. The highest BCUT2D eigenvalue weighted by atomic mass is 16.2. The minimum absolute atomic E-state index is 0.167. The fourth-order valence-corrected chi connectivity index (χ4v) is 0.447. The number of nitrogens with two attached hydrogens (primary N) is 1. The van der Waals surface area contributed by atoms with Crippen LogP contribution in [0.3, 0.4) is 0 Å². The van der Waals surface area contributed by atoms with E-state index in [2.05, 4.69) is 12.2 Å². The van der Waals surface area contributed by atoms with E-state index in [4.69, 9.17) is 5.73 Å². The predicted molar refractivity (Wildman–Crippen MR) is 41.2 cm³/mol. The molecule has 0 aliphatic carbocycles. The Labute approximate surface area is 62.0 Å². The highest BCUT2D eigenvalue weighted by Crippen LogP contribution is 1.97. The van der Waals surface area contributed by atoms with Crippen LogP contribution in [-0.2, 0) is 4.79 Å². The molecule has 0 saturated carbocycles. The molecule has 3 heteroatoms. The molecule has 10 heavy (non-hydrogen) atoms. The number of carbonyl (C=O) groups excluding carboxylic acids is 1. The fourth-order valence-electron chi connectivity index (χ4n) is 0.447. The number of rotatable bonds is 2. The van der Waals surface area contributed by atoms with E-state index >= 15 is 0 Å². The third-order valence-corrected chi connectivity index (χ3v) is 0.875. The van der Waals surface area contributed by atoms with Crippen LogP contribution in [0.2, 0.25) is 0 Å². The van der Waals surface area contributed by atoms with Crippen LogP contribution >= 0.6 is 0 Å². The van der Waals surface area contributed by atoms with Crippen LogP contribution < -0.4 is 11.1 Å². The maximum Gasteiger partial charge on any atom is 0.240 e. The zero-order chi connectivity index (χ0) is 8.36. The first-order valence-corrected chi connectivity index (χ1v) is 3.26. The van der Waals surface area contributed by atoms with Crippen molar-refractivity contribution >= 4 is 5.91 Å². The molecule has 0 aromatic carbocycles. The Morgan fingerprint density at radius 1 is 1.70 bits per heavy atom. The number of hydrogen-bond acceptors (Lipinski definition) is 2. The maximum absolute atomic E-state index is 10.9. The van der Waals surface area contributed by atoms with Gasteiger partial charge in [-0.1, -0.05) is 0 Å². The topological polar surface area (TPSA) is 55.1 Å². The lowest BCUT2D eigenvalue weighted by Gasteiger charge is -2.15. The van der Waals surface area contributed by atoms with Gasteiger partial charge in [0, 0.05) is 13.8 Å². The van der Waals surface area contributed by atoms with E-state index in [0.717, 1.165) is 0 Å². The quantitative estimate of drug-likeness (QED) is 0.537. The van der Waals surface area contributed by atoms with Crippen molar-refractivity contribution in [1.29, 1.82) is 0 Å². The number of amides is 1. The number of hydrogen-bond donors (Lipinski definition) is 2. The molecule has 0 aromatic rings. The third-order valence-electron chi connectivity index (χ3n) is 0.875. The smallest absolute Gasteiger partial charge is 0.240 e. The molecule has 0 saturated heterocycles. The molecular formula is C7H15N2O+. The second-order valence-electron chi connectivity index (χ2n) is 3.16. The molecule has 0 bridgehead atoms. The second kappa shape index (κ2) is 2.92. The van der Waals surface area contributed by atoms with Crippen molar-refractivity contribution in [2.45, 2.75) is 32.4 Å². The van der Waals surface area contributed by atoms with Crippen LogP contribution in [-0.4, -0.2) is 17.5 Å². The van der Waals surface area contributed by atoms with Gasteiger partial charge in [-0.3, -0.25) is 4.79 Å². The van der Waals surface area contributed by atoms with Gasteiger partial charge in [-0.05, 0) is 6.92 Å². The van der Waals surface area contributed by atoms with E-state index < -0.39 is 11.6 Å². The van der Waals surface area contributed by atoms with Crippen molar-refractivity contribution in [3.8, 4) is 0 Å². The lowest BCUT2D eigenvalue weighted by atomic mass is 10.1. The Balaban J connectivity index is 3.81. The Morgan fingerprint density at radius 2 is 2.10 bits per heavy atom. The van der Waals surface area contributed by atoms with Gasteiger partial charge in [0.15, 0.2) is 5.54 Å². The molecular weight excluding hydrogens is 128 g/mol. The zero-order valence-corrected chi connectivity index (χ0v) is 6.77. The van der Waals surface area contributed by atoms with E-state index in [1.165, 1.54) is 0 Å². The highest BCUT2D eigenvalue weighted by molar-refractivity contribution is 5.81. The molecule has 0 aromatic heterocycles. The molecule has 58 valence electrons. The fraction of sp³-hybridized carbons (Fsp3) is 0.714. The lowest BCUT2D eigenvalue weighted by Crippen LogP contribution is -2.47. The summed E-state index contributed by atoms with van der Waals surface area (Å²) in [6, 6.07) is -0.457. The van der Waals surface area contributed by atoms with Gasteiger partial charge in [0.1, 0.15) is 0 Å². The molecule has 0 spiro atoms. The molecule has 0 radical (unpaired) electrons. The minimum atomic E-state index is -0.457. The van der Waals surface area contributed by atoms with Crippen LogP contribution in [0.5, 0.6) is 0 Å². The average molecular weight is 143 g/mol. The molecule has 0 fully saturated rings. The van der Waals surface area contributed by atoms with Crippen molar-refractivity contribution in [2.75, 3.05) is 0 Å². The van der Waals surface area contributed by atoms with E-state index in [9.17, 15) is 4.79 Å². The van der Waals surface area contributed by atoms with E-state index in [1.54, 1.807) is 6.92 Å². The van der Waals surface area contributed by atoms with E-state index in [0.29, 0.717) is 0 Å². The highest BCUT2D eigenvalue weighted by Gasteiger charge is 2.21. The first-order valence-electron chi connectivity index (χ1n) is 3.26. The summed E-state index contributed by atoms with van der Waals surface area (Å²) in [6.07, 6.45) is 0. The predicted octanol–water partition coefficient (Wildman–Crippen LogP) is 0.0625. The van der Waals surface area contributed by atoms with Crippen LogP contribution in [0, 0.1) is 6.92 Å². The van der Waals surface area contributed by atoms with E-state index in [1.807, 2.05) is 13.8 Å². The van der Waals surface area contributed by atoms with Crippen molar-refractivity contribution in [2.24, 2.45) is 5.73 Å². The minimum Gasteiger partial charge on any atom is -0.320 e. The summed E-state index contributed by atoms with van der Waals surface area (Å²) in [4.78, 5) is 10.9. The van der Waals surface area contributed by atoms with Gasteiger partial charge in [0.2, 0.25) is 5.91 Å². The molecule has 1 amide bonds. The summed E-state index contributed by atoms with van der Waals surface area (Å²) in [5.74, 6) is -0.167. The van der Waals surface area contributed by atoms with Crippen molar-refractivity contribution in [3.05, 3.63) is 6.92 Å². The largest absolute Gasteiger partial charge is 0.320 e. The molecule has 3 N–H and O–H groups in total. The molecule has 0 aliphatic rings. The van der Waals surface area contributed by atoms with Gasteiger partial charge in [-0.2, -0.15) is 0 Å². The van der Waals surface area contributed by atoms with Crippen LogP contribution in [0.4, 0.5) is 0 Å². The zero-order valence-electron chi connectivity index (χ0n) is 6.77. The second-order valence-corrected chi connectivity index (χ2v) is 3.16. The van der Waals surface area contributed by atoms with Gasteiger partial charge in [0.05, 0.1) is 13.0 Å². The molecule has 0 aliphatic heterocycles. The van der Waals surface area contributed by atoms with Crippen molar-refractivity contribution in [1.82, 2.24) is 5.32 Å². The Morgan fingerprint density at radius 3 is 2.20 bits per heavy atom.